The van der Waals surface area contributed by atoms with Crippen molar-refractivity contribution in [3.05, 3.63) is 81.8 Å². The number of hydrogen-bond donors (Lipinski definition) is 1. The highest BCUT2D eigenvalue weighted by molar-refractivity contribution is 6.04. The highest BCUT2D eigenvalue weighted by Crippen LogP contribution is 2.27. The van der Waals surface area contributed by atoms with Crippen molar-refractivity contribution >= 4 is 17.4 Å². The van der Waals surface area contributed by atoms with Crippen LogP contribution in [0.15, 0.2) is 54.6 Å². The Balaban J connectivity index is 1.99. The molecular formula is C20H19FN4O3. The second-order valence-electron chi connectivity index (χ2n) is 7.31. The quantitative estimate of drug-likeness (QED) is 0.532. The number of nitrogens with one attached hydrogen (secondary N) is 1. The van der Waals surface area contributed by atoms with E-state index < -0.39 is 10.8 Å². The summed E-state index contributed by atoms with van der Waals surface area (Å²) in [5, 5.41) is 18.2. The van der Waals surface area contributed by atoms with Gasteiger partial charge < -0.3 is 5.32 Å². The van der Waals surface area contributed by atoms with Gasteiger partial charge in [0, 0.05) is 29.2 Å². The predicted molar refractivity (Wildman–Crippen MR) is 103 cm³/mol. The Morgan fingerprint density at radius 1 is 1.14 bits per heavy atom. The van der Waals surface area contributed by atoms with Gasteiger partial charge in [-0.1, -0.05) is 26.8 Å². The van der Waals surface area contributed by atoms with Crippen LogP contribution in [0.25, 0.3) is 5.69 Å². The fourth-order valence-electron chi connectivity index (χ4n) is 2.56. The average molecular weight is 382 g/mol. The molecule has 0 unspecified atom stereocenters. The molecule has 0 fully saturated rings. The molecule has 2 aromatic carbocycles. The number of benzene rings is 2. The number of anilines is 1. The smallest absolute Gasteiger partial charge is 0.270 e. The van der Waals surface area contributed by atoms with Gasteiger partial charge >= 0.3 is 0 Å². The van der Waals surface area contributed by atoms with Crippen LogP contribution < -0.4 is 5.32 Å². The molecule has 0 saturated carbocycles. The van der Waals surface area contributed by atoms with Crippen LogP contribution in [0.4, 0.5) is 15.9 Å². The third-order valence-corrected chi connectivity index (χ3v) is 4.11. The molecule has 1 heterocycles. The molecule has 0 aliphatic rings. The molecular weight excluding hydrogens is 363 g/mol. The van der Waals surface area contributed by atoms with Gasteiger partial charge in [-0.05, 0) is 30.3 Å². The molecule has 0 radical (unpaired) electrons. The van der Waals surface area contributed by atoms with Crippen molar-refractivity contribution in [2.75, 3.05) is 5.32 Å². The number of nitro groups is 1. The number of non-ortho nitro benzene ring substituents is 1. The molecule has 144 valence electrons. The van der Waals surface area contributed by atoms with Crippen LogP contribution in [0.5, 0.6) is 0 Å². The summed E-state index contributed by atoms with van der Waals surface area (Å²) in [5.74, 6) is -0.505. The summed E-state index contributed by atoms with van der Waals surface area (Å²) in [5.41, 5.74) is 1.00. The van der Waals surface area contributed by atoms with Gasteiger partial charge in [-0.25, -0.2) is 9.07 Å². The van der Waals surface area contributed by atoms with E-state index in [1.807, 2.05) is 20.8 Å². The molecule has 0 aliphatic heterocycles. The van der Waals surface area contributed by atoms with Crippen LogP contribution in [0.2, 0.25) is 0 Å². The first-order valence-corrected chi connectivity index (χ1v) is 8.57. The highest BCUT2D eigenvalue weighted by Gasteiger charge is 2.22. The highest BCUT2D eigenvalue weighted by atomic mass is 19.1. The summed E-state index contributed by atoms with van der Waals surface area (Å²) < 4.78 is 14.8. The molecule has 3 rings (SSSR count). The Morgan fingerprint density at radius 3 is 2.43 bits per heavy atom. The summed E-state index contributed by atoms with van der Waals surface area (Å²) in [6, 6.07) is 12.9. The number of nitrogens with zero attached hydrogens (tertiary/aromatic N) is 3. The second-order valence-corrected chi connectivity index (χ2v) is 7.31. The average Bonchev–Trinajstić information content (AvgIpc) is 3.06. The number of halogens is 1. The minimum Gasteiger partial charge on any atom is -0.306 e. The normalized spacial score (nSPS) is 11.3. The molecule has 0 spiro atoms. The lowest BCUT2D eigenvalue weighted by atomic mass is 9.92. The molecule has 3 aromatic rings. The topological polar surface area (TPSA) is 90.1 Å². The SMILES string of the molecule is CC(C)(C)c1cc(NC(=O)c2cccc([N+](=O)[O-])c2)n(-c2ccc(F)cc2)n1. The molecule has 1 N–H and O–H groups in total. The lowest BCUT2D eigenvalue weighted by Crippen LogP contribution is -2.15. The number of carbonyl (C=O) groups excluding carboxylic acids is 1. The van der Waals surface area contributed by atoms with Gasteiger partial charge in [0.05, 0.1) is 16.3 Å². The van der Waals surface area contributed by atoms with E-state index in [2.05, 4.69) is 10.4 Å². The number of amides is 1. The maximum Gasteiger partial charge on any atom is 0.270 e. The summed E-state index contributed by atoms with van der Waals surface area (Å²) in [7, 11) is 0. The van der Waals surface area contributed by atoms with E-state index in [0.717, 1.165) is 5.69 Å². The van der Waals surface area contributed by atoms with Crippen molar-refractivity contribution < 1.29 is 14.1 Å². The van der Waals surface area contributed by atoms with E-state index >= 15 is 0 Å². The minimum absolute atomic E-state index is 0.151. The van der Waals surface area contributed by atoms with Crippen LogP contribution in [-0.4, -0.2) is 20.6 Å². The maximum absolute atomic E-state index is 13.3. The fraction of sp³-hybridized carbons (Fsp3) is 0.200. The van der Waals surface area contributed by atoms with E-state index in [9.17, 15) is 19.3 Å². The zero-order chi connectivity index (χ0) is 20.5. The van der Waals surface area contributed by atoms with Gasteiger partial charge in [0.25, 0.3) is 11.6 Å². The van der Waals surface area contributed by atoms with Crippen LogP contribution >= 0.6 is 0 Å². The number of nitro benzene ring substituents is 1. The molecule has 0 atom stereocenters. The third-order valence-electron chi connectivity index (χ3n) is 4.11. The Bertz CT molecular complexity index is 1040. The molecule has 1 aromatic heterocycles. The van der Waals surface area contributed by atoms with Crippen molar-refractivity contribution in [2.45, 2.75) is 26.2 Å². The molecule has 0 aliphatic carbocycles. The molecule has 7 nitrogen and oxygen atoms in total. The van der Waals surface area contributed by atoms with Gasteiger partial charge in [-0.2, -0.15) is 5.10 Å². The van der Waals surface area contributed by atoms with Crippen LogP contribution in [0.3, 0.4) is 0 Å². The lowest BCUT2D eigenvalue weighted by molar-refractivity contribution is -0.384. The Labute approximate surface area is 161 Å². The van der Waals surface area contributed by atoms with E-state index in [4.69, 9.17) is 0 Å². The van der Waals surface area contributed by atoms with Gasteiger partial charge in [0.2, 0.25) is 0 Å². The monoisotopic (exact) mass is 382 g/mol. The largest absolute Gasteiger partial charge is 0.306 e. The number of hydrogen-bond acceptors (Lipinski definition) is 4. The summed E-state index contributed by atoms with van der Waals surface area (Å²) in [6.45, 7) is 5.95. The second kappa shape index (κ2) is 7.22. The van der Waals surface area contributed by atoms with Crippen molar-refractivity contribution in [3.63, 3.8) is 0 Å². The van der Waals surface area contributed by atoms with Crippen LogP contribution in [0, 0.1) is 15.9 Å². The van der Waals surface area contributed by atoms with Crippen molar-refractivity contribution in [1.82, 2.24) is 9.78 Å². The number of rotatable bonds is 4. The first-order valence-electron chi connectivity index (χ1n) is 8.57. The van der Waals surface area contributed by atoms with E-state index in [0.29, 0.717) is 11.5 Å². The van der Waals surface area contributed by atoms with Gasteiger partial charge in [0.15, 0.2) is 0 Å². The Morgan fingerprint density at radius 2 is 1.82 bits per heavy atom. The van der Waals surface area contributed by atoms with Gasteiger partial charge in [0.1, 0.15) is 11.6 Å². The van der Waals surface area contributed by atoms with Crippen molar-refractivity contribution in [2.24, 2.45) is 0 Å². The van der Waals surface area contributed by atoms with E-state index in [1.165, 1.54) is 41.1 Å². The minimum atomic E-state index is -0.558. The maximum atomic E-state index is 13.3. The number of aromatic nitrogens is 2. The summed E-state index contributed by atoms with van der Waals surface area (Å²) in [6.07, 6.45) is 0. The standard InChI is InChI=1S/C20H19FN4O3/c1-20(2,3)17-12-18(24(23-17)15-9-7-14(21)8-10-15)22-19(26)13-5-4-6-16(11-13)25(27)28/h4-12H,1-3H3,(H,22,26). The Hall–Kier alpha value is -3.55. The molecule has 28 heavy (non-hydrogen) atoms. The lowest BCUT2D eigenvalue weighted by Gasteiger charge is -2.14. The fourth-order valence-corrected chi connectivity index (χ4v) is 2.56. The molecule has 0 bridgehead atoms. The first kappa shape index (κ1) is 19.2. The molecule has 0 saturated heterocycles. The van der Waals surface area contributed by atoms with Crippen molar-refractivity contribution in [1.29, 1.82) is 0 Å². The van der Waals surface area contributed by atoms with Gasteiger partial charge in [-0.3, -0.25) is 14.9 Å². The third kappa shape index (κ3) is 4.06. The van der Waals surface area contributed by atoms with Crippen LogP contribution in [-0.2, 0) is 5.41 Å². The van der Waals surface area contributed by atoms with Crippen molar-refractivity contribution in [3.8, 4) is 5.69 Å². The zero-order valence-corrected chi connectivity index (χ0v) is 15.6. The zero-order valence-electron chi connectivity index (χ0n) is 15.6. The summed E-state index contributed by atoms with van der Waals surface area (Å²) >= 11 is 0. The van der Waals surface area contributed by atoms with E-state index in [-0.39, 0.29) is 22.5 Å². The number of carbonyl (C=O) groups is 1. The molecule has 1 amide bonds. The predicted octanol–water partition coefficient (Wildman–Crippen LogP) is 4.47. The molecule has 8 heteroatoms. The van der Waals surface area contributed by atoms with E-state index in [1.54, 1.807) is 18.2 Å². The summed E-state index contributed by atoms with van der Waals surface area (Å²) in [4.78, 5) is 23.0. The first-order chi connectivity index (χ1) is 13.1. The van der Waals surface area contributed by atoms with Gasteiger partial charge in [-0.15, -0.1) is 0 Å². The Kier molecular flexibility index (Phi) is 4.96. The van der Waals surface area contributed by atoms with Crippen LogP contribution in [0.1, 0.15) is 36.8 Å².